The molecule has 168 valence electrons. The van der Waals surface area contributed by atoms with Crippen LogP contribution in [0.4, 0.5) is 0 Å². The van der Waals surface area contributed by atoms with Gasteiger partial charge in [-0.3, -0.25) is 9.59 Å². The number of hydrogen-bond acceptors (Lipinski definition) is 3. The molecule has 0 bridgehead atoms. The molecule has 0 radical (unpaired) electrons. The third kappa shape index (κ3) is 5.61. The van der Waals surface area contributed by atoms with Gasteiger partial charge in [0.25, 0.3) is 5.91 Å². The molecule has 3 aromatic rings. The highest BCUT2D eigenvalue weighted by atomic mass is 79.9. The van der Waals surface area contributed by atoms with Crippen molar-refractivity contribution in [2.24, 2.45) is 0 Å². The van der Waals surface area contributed by atoms with E-state index in [-0.39, 0.29) is 25.0 Å². The molecular formula is C25H26BrClN2O3. The Morgan fingerprint density at radius 3 is 2.50 bits per heavy atom. The zero-order valence-corrected chi connectivity index (χ0v) is 20.4. The van der Waals surface area contributed by atoms with Crippen molar-refractivity contribution in [2.45, 2.75) is 32.9 Å². The maximum atomic E-state index is 13.3. The number of hydrogen-bond donors (Lipinski definition) is 1. The Morgan fingerprint density at radius 2 is 1.78 bits per heavy atom. The first kappa shape index (κ1) is 24.1. The molecule has 3 aromatic carbocycles. The van der Waals surface area contributed by atoms with Crippen LogP contribution < -0.4 is 10.1 Å². The van der Waals surface area contributed by atoms with E-state index < -0.39 is 6.04 Å². The summed E-state index contributed by atoms with van der Waals surface area (Å²) < 4.78 is 6.68. The molecule has 0 fully saturated rings. The van der Waals surface area contributed by atoms with Crippen LogP contribution in [-0.2, 0) is 16.1 Å². The van der Waals surface area contributed by atoms with Gasteiger partial charge in [-0.15, -0.1) is 0 Å². The van der Waals surface area contributed by atoms with Crippen molar-refractivity contribution >= 4 is 50.1 Å². The number of nitrogens with one attached hydrogen (secondary N) is 1. The van der Waals surface area contributed by atoms with Crippen molar-refractivity contribution in [1.29, 1.82) is 0 Å². The summed E-state index contributed by atoms with van der Waals surface area (Å²) in [6.45, 7) is 4.25. The SMILES string of the molecule is CCNC(=O)[C@H](CC)N(Cc1ccccc1Cl)C(=O)COc1ccc2ccccc2c1Br. The first-order chi connectivity index (χ1) is 15.5. The lowest BCUT2D eigenvalue weighted by Crippen LogP contribution is -2.50. The van der Waals surface area contributed by atoms with Crippen LogP contribution in [0, 0.1) is 0 Å². The number of halogens is 2. The van der Waals surface area contributed by atoms with E-state index in [4.69, 9.17) is 16.3 Å². The topological polar surface area (TPSA) is 58.6 Å². The van der Waals surface area contributed by atoms with Crippen LogP contribution in [-0.4, -0.2) is 35.9 Å². The Kier molecular flexibility index (Phi) is 8.53. The quantitative estimate of drug-likeness (QED) is 0.403. The van der Waals surface area contributed by atoms with Crippen LogP contribution in [0.15, 0.2) is 65.1 Å². The van der Waals surface area contributed by atoms with Crippen molar-refractivity contribution in [3.8, 4) is 5.75 Å². The molecule has 0 aliphatic rings. The monoisotopic (exact) mass is 516 g/mol. The molecule has 0 saturated carbocycles. The number of amides is 2. The Balaban J connectivity index is 1.83. The third-order valence-corrected chi connectivity index (χ3v) is 6.40. The minimum Gasteiger partial charge on any atom is -0.483 e. The van der Waals surface area contributed by atoms with Crippen molar-refractivity contribution in [3.63, 3.8) is 0 Å². The summed E-state index contributed by atoms with van der Waals surface area (Å²) >= 11 is 9.92. The van der Waals surface area contributed by atoms with Crippen LogP contribution in [0.25, 0.3) is 10.8 Å². The van der Waals surface area contributed by atoms with Crippen molar-refractivity contribution < 1.29 is 14.3 Å². The Morgan fingerprint density at radius 1 is 1.06 bits per heavy atom. The highest BCUT2D eigenvalue weighted by Gasteiger charge is 2.29. The molecule has 0 aromatic heterocycles. The number of benzene rings is 3. The van der Waals surface area contributed by atoms with Crippen LogP contribution in [0.5, 0.6) is 5.75 Å². The van der Waals surface area contributed by atoms with E-state index in [0.29, 0.717) is 23.7 Å². The first-order valence-electron chi connectivity index (χ1n) is 10.6. The second-order valence-electron chi connectivity index (χ2n) is 7.32. The molecule has 7 heteroatoms. The van der Waals surface area contributed by atoms with Gasteiger partial charge in [-0.1, -0.05) is 67.1 Å². The van der Waals surface area contributed by atoms with Gasteiger partial charge in [0.2, 0.25) is 5.91 Å². The van der Waals surface area contributed by atoms with E-state index in [0.717, 1.165) is 20.8 Å². The lowest BCUT2D eigenvalue weighted by molar-refractivity contribution is -0.142. The van der Waals surface area contributed by atoms with Gasteiger partial charge in [0, 0.05) is 18.1 Å². The molecule has 32 heavy (non-hydrogen) atoms. The van der Waals surface area contributed by atoms with E-state index in [1.54, 1.807) is 11.0 Å². The predicted molar refractivity (Wildman–Crippen MR) is 132 cm³/mol. The van der Waals surface area contributed by atoms with Crippen LogP contribution in [0.3, 0.4) is 0 Å². The molecule has 0 heterocycles. The normalized spacial score (nSPS) is 11.8. The molecule has 0 aliphatic carbocycles. The van der Waals surface area contributed by atoms with E-state index in [9.17, 15) is 9.59 Å². The summed E-state index contributed by atoms with van der Waals surface area (Å²) in [5.74, 6) is 0.0890. The molecule has 0 saturated heterocycles. The summed E-state index contributed by atoms with van der Waals surface area (Å²) in [5, 5.41) is 5.44. The zero-order chi connectivity index (χ0) is 23.1. The highest BCUT2D eigenvalue weighted by molar-refractivity contribution is 9.10. The van der Waals surface area contributed by atoms with E-state index >= 15 is 0 Å². The van der Waals surface area contributed by atoms with E-state index in [2.05, 4.69) is 21.2 Å². The molecule has 0 unspecified atom stereocenters. The molecule has 5 nitrogen and oxygen atoms in total. The van der Waals surface area contributed by atoms with Crippen LogP contribution in [0.1, 0.15) is 25.8 Å². The van der Waals surface area contributed by atoms with Gasteiger partial charge in [0.05, 0.1) is 4.47 Å². The van der Waals surface area contributed by atoms with E-state index in [1.807, 2.05) is 68.4 Å². The fraction of sp³-hybridized carbons (Fsp3) is 0.280. The van der Waals surface area contributed by atoms with E-state index in [1.165, 1.54) is 0 Å². The highest BCUT2D eigenvalue weighted by Crippen LogP contribution is 2.33. The van der Waals surface area contributed by atoms with Gasteiger partial charge in [-0.2, -0.15) is 0 Å². The van der Waals surface area contributed by atoms with Gasteiger partial charge in [-0.05, 0) is 57.7 Å². The second-order valence-corrected chi connectivity index (χ2v) is 8.52. The molecule has 1 atom stereocenters. The number of carbonyl (C=O) groups excluding carboxylic acids is 2. The minimum atomic E-state index is -0.623. The lowest BCUT2D eigenvalue weighted by Gasteiger charge is -2.30. The number of carbonyl (C=O) groups is 2. The molecule has 0 aliphatic heterocycles. The van der Waals surface area contributed by atoms with Crippen molar-refractivity contribution in [3.05, 3.63) is 75.7 Å². The summed E-state index contributed by atoms with van der Waals surface area (Å²) in [4.78, 5) is 27.5. The first-order valence-corrected chi connectivity index (χ1v) is 11.7. The van der Waals surface area contributed by atoms with Gasteiger partial charge in [0.1, 0.15) is 11.8 Å². The summed E-state index contributed by atoms with van der Waals surface area (Å²) in [6.07, 6.45) is 0.474. The van der Waals surface area contributed by atoms with Crippen molar-refractivity contribution in [1.82, 2.24) is 10.2 Å². The number of likely N-dealkylation sites (N-methyl/N-ethyl adjacent to an activating group) is 1. The van der Waals surface area contributed by atoms with Crippen molar-refractivity contribution in [2.75, 3.05) is 13.2 Å². The Hall–Kier alpha value is -2.57. The Bertz CT molecular complexity index is 1110. The minimum absolute atomic E-state index is 0.192. The van der Waals surface area contributed by atoms with Gasteiger partial charge >= 0.3 is 0 Å². The van der Waals surface area contributed by atoms with Gasteiger partial charge in [0.15, 0.2) is 6.61 Å². The molecular weight excluding hydrogens is 492 g/mol. The van der Waals surface area contributed by atoms with Gasteiger partial charge < -0.3 is 15.0 Å². The molecule has 3 rings (SSSR count). The maximum absolute atomic E-state index is 13.3. The predicted octanol–water partition coefficient (Wildman–Crippen LogP) is 5.58. The number of nitrogens with zero attached hydrogens (tertiary/aromatic N) is 1. The maximum Gasteiger partial charge on any atom is 0.261 e. The standard InChI is InChI=1S/C25H26BrClN2O3/c1-3-21(25(31)28-4-2)29(15-18-10-6-8-12-20(18)27)23(30)16-32-22-14-13-17-9-5-7-11-19(17)24(22)26/h5-14,21H,3-4,15-16H2,1-2H3,(H,28,31)/t21-/m0/s1. The molecule has 0 spiro atoms. The number of fused-ring (bicyclic) bond motifs is 1. The van der Waals surface area contributed by atoms with Crippen LogP contribution >= 0.6 is 27.5 Å². The summed E-state index contributed by atoms with van der Waals surface area (Å²) in [6, 6.07) is 18.4. The lowest BCUT2D eigenvalue weighted by atomic mass is 10.1. The Labute approximate surface area is 201 Å². The fourth-order valence-electron chi connectivity index (χ4n) is 3.57. The zero-order valence-electron chi connectivity index (χ0n) is 18.1. The van der Waals surface area contributed by atoms with Gasteiger partial charge in [-0.25, -0.2) is 0 Å². The third-order valence-electron chi connectivity index (χ3n) is 5.21. The number of ether oxygens (including phenoxy) is 1. The summed E-state index contributed by atoms with van der Waals surface area (Å²) in [7, 11) is 0. The summed E-state index contributed by atoms with van der Waals surface area (Å²) in [5.41, 5.74) is 0.775. The van der Waals surface area contributed by atoms with Crippen LogP contribution in [0.2, 0.25) is 5.02 Å². The molecule has 2 amide bonds. The average molecular weight is 518 g/mol. The fourth-order valence-corrected chi connectivity index (χ4v) is 4.37. The largest absolute Gasteiger partial charge is 0.483 e. The molecule has 1 N–H and O–H groups in total. The number of rotatable bonds is 9. The smallest absolute Gasteiger partial charge is 0.261 e. The second kappa shape index (κ2) is 11.3. The average Bonchev–Trinajstić information content (AvgIpc) is 2.80.